The number of pyridine rings is 1. The van der Waals surface area contributed by atoms with Gasteiger partial charge in [0.25, 0.3) is 5.56 Å². The molecule has 4 heterocycles. The quantitative estimate of drug-likeness (QED) is 0.546. The van der Waals surface area contributed by atoms with Crippen molar-refractivity contribution in [1.29, 1.82) is 0 Å². The zero-order valence-electron chi connectivity index (χ0n) is 14.0. The van der Waals surface area contributed by atoms with Gasteiger partial charge in [-0.15, -0.1) is 11.3 Å². The van der Waals surface area contributed by atoms with Gasteiger partial charge >= 0.3 is 0 Å². The fourth-order valence-corrected chi connectivity index (χ4v) is 3.85. The van der Waals surface area contributed by atoms with Crippen molar-refractivity contribution in [2.24, 2.45) is 0 Å². The summed E-state index contributed by atoms with van der Waals surface area (Å²) in [5.41, 5.74) is 3.11. The van der Waals surface area contributed by atoms with Crippen molar-refractivity contribution in [3.8, 4) is 22.8 Å². The lowest BCUT2D eigenvalue weighted by Crippen LogP contribution is -2.13. The molecular formula is C20H13N3O3S. The topological polar surface area (TPSA) is 65.7 Å². The largest absolute Gasteiger partial charge is 0.454 e. The monoisotopic (exact) mass is 375 g/mol. The van der Waals surface area contributed by atoms with Crippen LogP contribution in [0.5, 0.6) is 11.5 Å². The second kappa shape index (κ2) is 6.37. The molecule has 1 aliphatic rings. The lowest BCUT2D eigenvalue weighted by molar-refractivity contribution is 0.174. The summed E-state index contributed by atoms with van der Waals surface area (Å²) in [7, 11) is 0. The average Bonchev–Trinajstić information content (AvgIpc) is 3.33. The maximum atomic E-state index is 12.7. The van der Waals surface area contributed by atoms with E-state index in [9.17, 15) is 4.79 Å². The first-order valence-electron chi connectivity index (χ1n) is 8.27. The Kier molecular flexibility index (Phi) is 3.72. The normalized spacial score (nSPS) is 12.9. The lowest BCUT2D eigenvalue weighted by atomic mass is 10.1. The summed E-state index contributed by atoms with van der Waals surface area (Å²) < 4.78 is 12.4. The van der Waals surface area contributed by atoms with Gasteiger partial charge in [0.2, 0.25) is 6.79 Å². The number of ether oxygens (including phenoxy) is 2. The van der Waals surface area contributed by atoms with E-state index in [0.29, 0.717) is 22.2 Å². The van der Waals surface area contributed by atoms with Gasteiger partial charge in [0.15, 0.2) is 16.5 Å². The van der Waals surface area contributed by atoms with Gasteiger partial charge in [-0.05, 0) is 35.9 Å². The first kappa shape index (κ1) is 15.8. The molecule has 6 nitrogen and oxygen atoms in total. The molecule has 7 heteroatoms. The minimum Gasteiger partial charge on any atom is -0.454 e. The van der Waals surface area contributed by atoms with E-state index in [4.69, 9.17) is 9.47 Å². The molecule has 0 radical (unpaired) electrons. The Morgan fingerprint density at radius 1 is 1.11 bits per heavy atom. The SMILES string of the molecule is O=c1cc(/C=C/c2cccnc2)nc2scc(-c3ccc4c(c3)OCO4)n12. The Morgan fingerprint density at radius 3 is 2.93 bits per heavy atom. The smallest absolute Gasteiger partial charge is 0.259 e. The van der Waals surface area contributed by atoms with Gasteiger partial charge in [0, 0.05) is 29.4 Å². The Morgan fingerprint density at radius 2 is 2.04 bits per heavy atom. The summed E-state index contributed by atoms with van der Waals surface area (Å²) >= 11 is 1.43. The van der Waals surface area contributed by atoms with Gasteiger partial charge in [-0.1, -0.05) is 12.1 Å². The number of nitrogens with zero attached hydrogens (tertiary/aromatic N) is 3. The van der Waals surface area contributed by atoms with Gasteiger partial charge in [0.1, 0.15) is 0 Å². The molecule has 0 N–H and O–H groups in total. The highest BCUT2D eigenvalue weighted by atomic mass is 32.1. The van der Waals surface area contributed by atoms with Crippen molar-refractivity contribution in [3.05, 3.63) is 75.8 Å². The second-order valence-electron chi connectivity index (χ2n) is 5.95. The van der Waals surface area contributed by atoms with Crippen LogP contribution >= 0.6 is 11.3 Å². The molecule has 3 aromatic heterocycles. The molecule has 0 amide bonds. The molecule has 132 valence electrons. The van der Waals surface area contributed by atoms with Gasteiger partial charge in [0.05, 0.1) is 11.4 Å². The third-order valence-corrected chi connectivity index (χ3v) is 5.05. The first-order chi connectivity index (χ1) is 13.3. The molecule has 1 aliphatic heterocycles. The van der Waals surface area contributed by atoms with Crippen LogP contribution in [0.2, 0.25) is 0 Å². The van der Waals surface area contributed by atoms with Crippen LogP contribution in [0.25, 0.3) is 28.4 Å². The van der Waals surface area contributed by atoms with E-state index in [-0.39, 0.29) is 12.4 Å². The van der Waals surface area contributed by atoms with E-state index in [1.54, 1.807) is 16.8 Å². The van der Waals surface area contributed by atoms with Crippen molar-refractivity contribution in [2.45, 2.75) is 0 Å². The molecule has 0 saturated heterocycles. The van der Waals surface area contributed by atoms with Gasteiger partial charge < -0.3 is 9.47 Å². The zero-order valence-corrected chi connectivity index (χ0v) is 14.8. The van der Waals surface area contributed by atoms with Crippen LogP contribution < -0.4 is 15.0 Å². The predicted molar refractivity (Wildman–Crippen MR) is 104 cm³/mol. The van der Waals surface area contributed by atoms with E-state index < -0.39 is 0 Å². The first-order valence-corrected chi connectivity index (χ1v) is 9.15. The number of rotatable bonds is 3. The summed E-state index contributed by atoms with van der Waals surface area (Å²) in [4.78, 5) is 22.0. The van der Waals surface area contributed by atoms with Crippen LogP contribution in [-0.4, -0.2) is 21.2 Å². The molecule has 4 aromatic rings. The van der Waals surface area contributed by atoms with Crippen LogP contribution in [0.4, 0.5) is 0 Å². The molecule has 5 rings (SSSR count). The molecule has 0 atom stereocenters. The standard InChI is InChI=1S/C20H13N3O3S/c24-19-9-15(5-3-13-2-1-7-21-10-13)22-20-23(19)16(11-27-20)14-4-6-17-18(8-14)26-12-25-17/h1-11H,12H2/b5-3+. The molecule has 0 bridgehead atoms. The van der Waals surface area contributed by atoms with Crippen LogP contribution in [-0.2, 0) is 0 Å². The number of hydrogen-bond acceptors (Lipinski definition) is 6. The highest BCUT2D eigenvalue weighted by molar-refractivity contribution is 7.15. The molecule has 27 heavy (non-hydrogen) atoms. The van der Waals surface area contributed by atoms with Crippen molar-refractivity contribution < 1.29 is 9.47 Å². The number of thiazole rings is 1. The van der Waals surface area contributed by atoms with Gasteiger partial charge in [-0.3, -0.25) is 14.2 Å². The van der Waals surface area contributed by atoms with Crippen LogP contribution in [0.1, 0.15) is 11.3 Å². The molecule has 0 aliphatic carbocycles. The van der Waals surface area contributed by atoms with Crippen molar-refractivity contribution in [3.63, 3.8) is 0 Å². The Balaban J connectivity index is 1.55. The van der Waals surface area contributed by atoms with Gasteiger partial charge in [-0.25, -0.2) is 4.98 Å². The second-order valence-corrected chi connectivity index (χ2v) is 6.78. The van der Waals surface area contributed by atoms with Crippen LogP contribution in [0.3, 0.4) is 0 Å². The van der Waals surface area contributed by atoms with Crippen molar-refractivity contribution in [2.75, 3.05) is 6.79 Å². The molecule has 0 saturated carbocycles. The molecule has 0 fully saturated rings. The third kappa shape index (κ3) is 2.88. The summed E-state index contributed by atoms with van der Waals surface area (Å²) in [5, 5.41) is 1.93. The summed E-state index contributed by atoms with van der Waals surface area (Å²) in [6.07, 6.45) is 7.18. The highest BCUT2D eigenvalue weighted by Crippen LogP contribution is 2.36. The molecular weight excluding hydrogens is 362 g/mol. The van der Waals surface area contributed by atoms with Crippen molar-refractivity contribution >= 4 is 28.4 Å². The van der Waals surface area contributed by atoms with Gasteiger partial charge in [-0.2, -0.15) is 0 Å². The Labute approximate surface area is 158 Å². The van der Waals surface area contributed by atoms with E-state index in [2.05, 4.69) is 9.97 Å². The van der Waals surface area contributed by atoms with E-state index in [1.165, 1.54) is 17.4 Å². The van der Waals surface area contributed by atoms with E-state index in [1.807, 2.05) is 47.9 Å². The van der Waals surface area contributed by atoms with Crippen LogP contribution in [0.15, 0.2) is 59.0 Å². The Hall–Kier alpha value is -3.45. The van der Waals surface area contributed by atoms with E-state index in [0.717, 1.165) is 16.8 Å². The maximum absolute atomic E-state index is 12.7. The number of hydrogen-bond donors (Lipinski definition) is 0. The third-order valence-electron chi connectivity index (χ3n) is 4.22. The predicted octanol–water partition coefficient (Wildman–Crippen LogP) is 3.72. The number of aromatic nitrogens is 3. The van der Waals surface area contributed by atoms with Crippen LogP contribution in [0, 0.1) is 0 Å². The summed E-state index contributed by atoms with van der Waals surface area (Å²) in [6.45, 7) is 0.220. The zero-order chi connectivity index (χ0) is 18.2. The minimum atomic E-state index is -0.125. The highest BCUT2D eigenvalue weighted by Gasteiger charge is 2.16. The number of benzene rings is 1. The average molecular weight is 375 g/mol. The summed E-state index contributed by atoms with van der Waals surface area (Å²) in [5.74, 6) is 1.40. The molecule has 0 unspecified atom stereocenters. The Bertz CT molecular complexity index is 1230. The van der Waals surface area contributed by atoms with Crippen molar-refractivity contribution in [1.82, 2.24) is 14.4 Å². The minimum absolute atomic E-state index is 0.125. The fraction of sp³-hybridized carbons (Fsp3) is 0.0500. The fourth-order valence-electron chi connectivity index (χ4n) is 2.93. The maximum Gasteiger partial charge on any atom is 0.259 e. The number of fused-ring (bicyclic) bond motifs is 2. The van der Waals surface area contributed by atoms with E-state index >= 15 is 0 Å². The molecule has 1 aromatic carbocycles. The molecule has 0 spiro atoms. The lowest BCUT2D eigenvalue weighted by Gasteiger charge is -2.03. The summed E-state index contributed by atoms with van der Waals surface area (Å²) in [6, 6.07) is 11.0.